The maximum atomic E-state index is 6.02. The summed E-state index contributed by atoms with van der Waals surface area (Å²) in [5.74, 6) is 2.86. The monoisotopic (exact) mass is 293 g/mol. The van der Waals surface area contributed by atoms with E-state index in [-0.39, 0.29) is 6.04 Å². The molecule has 5 nitrogen and oxygen atoms in total. The predicted octanol–water partition coefficient (Wildman–Crippen LogP) is 2.81. The molecule has 2 aromatic rings. The molecule has 0 bridgehead atoms. The molecule has 0 aliphatic rings. The van der Waals surface area contributed by atoms with E-state index in [1.807, 2.05) is 31.4 Å². The highest BCUT2D eigenvalue weighted by Crippen LogP contribution is 2.25. The summed E-state index contributed by atoms with van der Waals surface area (Å²) >= 11 is 1.75. The lowest BCUT2D eigenvalue weighted by Crippen LogP contribution is -2.11. The van der Waals surface area contributed by atoms with Gasteiger partial charge in [0.2, 0.25) is 11.7 Å². The minimum atomic E-state index is -0.206. The zero-order valence-corrected chi connectivity index (χ0v) is 12.7. The predicted molar refractivity (Wildman–Crippen MR) is 81.0 cm³/mol. The van der Waals surface area contributed by atoms with Crippen LogP contribution in [0.2, 0.25) is 0 Å². The van der Waals surface area contributed by atoms with Gasteiger partial charge in [-0.1, -0.05) is 5.16 Å². The van der Waals surface area contributed by atoms with Crippen LogP contribution in [0.5, 0.6) is 5.75 Å². The van der Waals surface area contributed by atoms with Crippen molar-refractivity contribution in [3.63, 3.8) is 0 Å². The van der Waals surface area contributed by atoms with Gasteiger partial charge in [0.1, 0.15) is 5.75 Å². The Kier molecular flexibility index (Phi) is 5.03. The topological polar surface area (TPSA) is 74.2 Å². The summed E-state index contributed by atoms with van der Waals surface area (Å²) in [5.41, 5.74) is 7.95. The second-order valence-electron chi connectivity index (χ2n) is 4.53. The van der Waals surface area contributed by atoms with Crippen LogP contribution in [0.1, 0.15) is 23.9 Å². The van der Waals surface area contributed by atoms with Crippen LogP contribution in [-0.4, -0.2) is 29.3 Å². The number of thioether (sulfide) groups is 1. The summed E-state index contributed by atoms with van der Waals surface area (Å²) in [7, 11) is 1.65. The Morgan fingerprint density at radius 2 is 2.25 bits per heavy atom. The minimum Gasteiger partial charge on any atom is -0.496 e. The second kappa shape index (κ2) is 6.76. The Morgan fingerprint density at radius 3 is 2.90 bits per heavy atom. The smallest absolute Gasteiger partial charge is 0.243 e. The van der Waals surface area contributed by atoms with Gasteiger partial charge < -0.3 is 15.0 Å². The Hall–Kier alpha value is -1.53. The average molecular weight is 293 g/mol. The van der Waals surface area contributed by atoms with Gasteiger partial charge >= 0.3 is 0 Å². The molecule has 0 fully saturated rings. The quantitative estimate of drug-likeness (QED) is 0.882. The van der Waals surface area contributed by atoms with E-state index < -0.39 is 0 Å². The highest BCUT2D eigenvalue weighted by atomic mass is 32.2. The SMILES string of the molecule is COc1ccc(-c2noc([C@@H](N)CCSC)n2)cc1C. The molecule has 0 aliphatic heterocycles. The van der Waals surface area contributed by atoms with Crippen molar-refractivity contribution in [2.75, 3.05) is 19.1 Å². The molecule has 108 valence electrons. The Bertz CT molecular complexity index is 571. The van der Waals surface area contributed by atoms with Crippen molar-refractivity contribution in [1.82, 2.24) is 10.1 Å². The summed E-state index contributed by atoms with van der Waals surface area (Å²) in [6.07, 6.45) is 2.87. The van der Waals surface area contributed by atoms with E-state index in [4.69, 9.17) is 15.0 Å². The van der Waals surface area contributed by atoms with E-state index in [1.54, 1.807) is 18.9 Å². The third kappa shape index (κ3) is 3.32. The highest BCUT2D eigenvalue weighted by Gasteiger charge is 2.15. The molecule has 0 radical (unpaired) electrons. The summed E-state index contributed by atoms with van der Waals surface area (Å²) in [6, 6.07) is 5.58. The third-order valence-corrected chi connectivity index (χ3v) is 3.69. The summed E-state index contributed by atoms with van der Waals surface area (Å²) < 4.78 is 10.5. The van der Waals surface area contributed by atoms with Crippen molar-refractivity contribution in [3.05, 3.63) is 29.7 Å². The molecule has 0 amide bonds. The minimum absolute atomic E-state index is 0.206. The fourth-order valence-corrected chi connectivity index (χ4v) is 2.38. The number of aryl methyl sites for hydroxylation is 1. The molecule has 0 unspecified atom stereocenters. The second-order valence-corrected chi connectivity index (χ2v) is 5.51. The van der Waals surface area contributed by atoms with Crippen molar-refractivity contribution >= 4 is 11.8 Å². The molecule has 0 saturated heterocycles. The maximum absolute atomic E-state index is 6.02. The molecule has 0 spiro atoms. The fraction of sp³-hybridized carbons (Fsp3) is 0.429. The fourth-order valence-electron chi connectivity index (χ4n) is 1.89. The van der Waals surface area contributed by atoms with Gasteiger partial charge in [-0.15, -0.1) is 0 Å². The molecular weight excluding hydrogens is 274 g/mol. The first-order valence-corrected chi connectivity index (χ1v) is 7.78. The van der Waals surface area contributed by atoms with Crippen LogP contribution in [-0.2, 0) is 0 Å². The largest absolute Gasteiger partial charge is 0.496 e. The zero-order valence-electron chi connectivity index (χ0n) is 11.9. The average Bonchev–Trinajstić information content (AvgIpc) is 2.94. The van der Waals surface area contributed by atoms with Crippen LogP contribution >= 0.6 is 11.8 Å². The van der Waals surface area contributed by atoms with E-state index in [9.17, 15) is 0 Å². The molecule has 6 heteroatoms. The lowest BCUT2D eigenvalue weighted by Gasteiger charge is -2.05. The summed E-state index contributed by atoms with van der Waals surface area (Å²) in [6.45, 7) is 1.98. The molecular formula is C14H19N3O2S. The lowest BCUT2D eigenvalue weighted by molar-refractivity contribution is 0.353. The van der Waals surface area contributed by atoms with Gasteiger partial charge in [-0.05, 0) is 49.1 Å². The van der Waals surface area contributed by atoms with Gasteiger partial charge in [0.15, 0.2) is 0 Å². The third-order valence-electron chi connectivity index (χ3n) is 3.04. The Morgan fingerprint density at radius 1 is 1.45 bits per heavy atom. The van der Waals surface area contributed by atoms with Crippen molar-refractivity contribution in [1.29, 1.82) is 0 Å². The molecule has 2 N–H and O–H groups in total. The Balaban J connectivity index is 2.18. The molecule has 0 saturated carbocycles. The molecule has 1 aromatic carbocycles. The van der Waals surface area contributed by atoms with Crippen molar-refractivity contribution in [2.24, 2.45) is 5.73 Å². The number of hydrogen-bond donors (Lipinski definition) is 1. The molecule has 0 aliphatic carbocycles. The summed E-state index contributed by atoms with van der Waals surface area (Å²) in [5, 5.41) is 4.00. The summed E-state index contributed by atoms with van der Waals surface area (Å²) in [4.78, 5) is 4.38. The normalized spacial score (nSPS) is 12.4. The van der Waals surface area contributed by atoms with Gasteiger partial charge in [0.05, 0.1) is 13.2 Å². The Labute approximate surface area is 122 Å². The van der Waals surface area contributed by atoms with E-state index >= 15 is 0 Å². The molecule has 2 rings (SSSR count). The number of methoxy groups -OCH3 is 1. The van der Waals surface area contributed by atoms with Crippen LogP contribution in [0.4, 0.5) is 0 Å². The number of ether oxygens (including phenoxy) is 1. The van der Waals surface area contributed by atoms with Crippen LogP contribution in [0.25, 0.3) is 11.4 Å². The van der Waals surface area contributed by atoms with Crippen LogP contribution in [0.15, 0.2) is 22.7 Å². The van der Waals surface area contributed by atoms with Crippen molar-refractivity contribution < 1.29 is 9.26 Å². The van der Waals surface area contributed by atoms with Crippen LogP contribution < -0.4 is 10.5 Å². The number of aromatic nitrogens is 2. The number of nitrogens with zero attached hydrogens (tertiary/aromatic N) is 2. The van der Waals surface area contributed by atoms with Gasteiger partial charge in [-0.25, -0.2) is 0 Å². The van der Waals surface area contributed by atoms with E-state index in [0.29, 0.717) is 11.7 Å². The highest BCUT2D eigenvalue weighted by molar-refractivity contribution is 7.98. The van der Waals surface area contributed by atoms with Gasteiger partial charge in [0.25, 0.3) is 0 Å². The standard InChI is InChI=1S/C14H19N3O2S/c1-9-8-10(4-5-12(9)18-2)13-16-14(19-17-13)11(15)6-7-20-3/h4-5,8,11H,6-7,15H2,1-3H3/t11-/m0/s1. The molecule has 1 atom stereocenters. The van der Waals surface area contributed by atoms with Crippen LogP contribution in [0.3, 0.4) is 0 Å². The van der Waals surface area contributed by atoms with Gasteiger partial charge in [-0.2, -0.15) is 16.7 Å². The van der Waals surface area contributed by atoms with Crippen molar-refractivity contribution in [2.45, 2.75) is 19.4 Å². The van der Waals surface area contributed by atoms with E-state index in [2.05, 4.69) is 10.1 Å². The van der Waals surface area contributed by atoms with E-state index in [0.717, 1.165) is 29.1 Å². The number of nitrogens with two attached hydrogens (primary N) is 1. The first-order valence-electron chi connectivity index (χ1n) is 6.39. The van der Waals surface area contributed by atoms with Gasteiger partial charge in [0, 0.05) is 5.56 Å². The number of hydrogen-bond acceptors (Lipinski definition) is 6. The first kappa shape index (κ1) is 14.9. The number of rotatable bonds is 6. The first-order chi connectivity index (χ1) is 9.65. The van der Waals surface area contributed by atoms with Crippen LogP contribution in [0, 0.1) is 6.92 Å². The maximum Gasteiger partial charge on any atom is 0.243 e. The molecule has 1 heterocycles. The molecule has 20 heavy (non-hydrogen) atoms. The zero-order chi connectivity index (χ0) is 14.5. The number of benzene rings is 1. The van der Waals surface area contributed by atoms with Gasteiger partial charge in [-0.3, -0.25) is 0 Å². The van der Waals surface area contributed by atoms with E-state index in [1.165, 1.54) is 0 Å². The molecule has 1 aromatic heterocycles. The lowest BCUT2D eigenvalue weighted by atomic mass is 10.1. The van der Waals surface area contributed by atoms with Crippen molar-refractivity contribution in [3.8, 4) is 17.1 Å².